The van der Waals surface area contributed by atoms with Crippen LogP contribution in [0.1, 0.15) is 21.6 Å². The van der Waals surface area contributed by atoms with E-state index in [0.717, 1.165) is 0 Å². The average molecular weight is 369 g/mol. The zero-order valence-corrected chi connectivity index (χ0v) is 14.4. The first-order valence-corrected chi connectivity index (χ1v) is 7.82. The number of aromatic nitrogens is 1. The van der Waals surface area contributed by atoms with Crippen LogP contribution in [-0.4, -0.2) is 33.4 Å². The summed E-state index contributed by atoms with van der Waals surface area (Å²) in [6.07, 6.45) is 0.399. The summed E-state index contributed by atoms with van der Waals surface area (Å²) in [6.45, 7) is 1.63. The van der Waals surface area contributed by atoms with E-state index < -0.39 is 16.8 Å². The second kappa shape index (κ2) is 6.79. The summed E-state index contributed by atoms with van der Waals surface area (Å²) in [5.74, 6) is -0.450. The molecule has 138 valence electrons. The molecule has 2 aromatic heterocycles. The number of ether oxygens (including phenoxy) is 1. The third kappa shape index (κ3) is 3.06. The van der Waals surface area contributed by atoms with Crippen LogP contribution in [0.5, 0.6) is 5.75 Å². The van der Waals surface area contributed by atoms with Gasteiger partial charge in [-0.1, -0.05) is 6.07 Å². The van der Waals surface area contributed by atoms with E-state index in [1.54, 1.807) is 35.7 Å². The molecule has 0 atom stereocenters. The Labute approximate surface area is 153 Å². The van der Waals surface area contributed by atoms with Crippen LogP contribution < -0.4 is 10.1 Å². The molecule has 1 amide bonds. The van der Waals surface area contributed by atoms with Gasteiger partial charge in [0.05, 0.1) is 28.9 Å². The second-order valence-electron chi connectivity index (χ2n) is 5.71. The lowest BCUT2D eigenvalue weighted by Crippen LogP contribution is -2.09. The highest BCUT2D eigenvalue weighted by atomic mass is 16.6. The number of nitrogens with one attached hydrogen (secondary N) is 1. The number of amides is 1. The highest BCUT2D eigenvalue weighted by Crippen LogP contribution is 2.32. The largest absolute Gasteiger partial charge is 0.490 e. The summed E-state index contributed by atoms with van der Waals surface area (Å²) in [5, 5.41) is 22.4. The molecule has 0 aliphatic heterocycles. The Hall–Kier alpha value is -3.88. The van der Waals surface area contributed by atoms with Crippen LogP contribution in [0.4, 0.5) is 16.2 Å². The summed E-state index contributed by atoms with van der Waals surface area (Å²) in [6, 6.07) is 8.97. The first-order valence-electron chi connectivity index (χ1n) is 7.82. The third-order valence-corrected chi connectivity index (χ3v) is 4.17. The van der Waals surface area contributed by atoms with Crippen LogP contribution >= 0.6 is 0 Å². The number of hydrogen-bond donors (Lipinski definition) is 2. The summed E-state index contributed by atoms with van der Waals surface area (Å²) < 4.78 is 6.60. The number of anilines is 1. The Kier molecular flexibility index (Phi) is 4.51. The Morgan fingerprint density at radius 3 is 2.63 bits per heavy atom. The molecule has 0 saturated carbocycles. The van der Waals surface area contributed by atoms with Crippen molar-refractivity contribution in [1.29, 1.82) is 0 Å². The van der Waals surface area contributed by atoms with E-state index in [2.05, 4.69) is 5.32 Å². The van der Waals surface area contributed by atoms with Gasteiger partial charge in [-0.3, -0.25) is 20.2 Å². The van der Waals surface area contributed by atoms with E-state index >= 15 is 0 Å². The molecule has 0 fully saturated rings. The van der Waals surface area contributed by atoms with Crippen molar-refractivity contribution in [3.05, 3.63) is 69.5 Å². The molecule has 0 bridgehead atoms. The molecule has 1 aromatic carbocycles. The van der Waals surface area contributed by atoms with E-state index in [9.17, 15) is 19.7 Å². The van der Waals surface area contributed by atoms with Crippen molar-refractivity contribution in [2.75, 3.05) is 12.4 Å². The number of carbonyl (C=O) groups is 2. The maximum Gasteiger partial charge on any atom is 0.409 e. The molecule has 3 aromatic rings. The molecular formula is C18H15N3O6. The molecule has 9 nitrogen and oxygen atoms in total. The average Bonchev–Trinajstić information content (AvgIpc) is 2.92. The SMILES string of the molecule is COc1cc(C(=O)c2c(C)c(NC(=O)O)c3ccccn23)ccc1[N+](=O)[O-]. The number of carbonyl (C=O) groups excluding carboxylic acids is 1. The second-order valence-corrected chi connectivity index (χ2v) is 5.71. The van der Waals surface area contributed by atoms with Gasteiger partial charge in [0.15, 0.2) is 5.75 Å². The van der Waals surface area contributed by atoms with E-state index in [0.29, 0.717) is 16.8 Å². The Morgan fingerprint density at radius 2 is 2.00 bits per heavy atom. The Morgan fingerprint density at radius 1 is 1.26 bits per heavy atom. The highest BCUT2D eigenvalue weighted by molar-refractivity contribution is 6.12. The maximum atomic E-state index is 13.1. The van der Waals surface area contributed by atoms with Gasteiger partial charge in [0.2, 0.25) is 5.78 Å². The fraction of sp³-hybridized carbons (Fsp3) is 0.111. The number of hydrogen-bond acceptors (Lipinski definition) is 5. The lowest BCUT2D eigenvalue weighted by Gasteiger charge is -2.06. The molecule has 2 N–H and O–H groups in total. The number of ketones is 1. The fourth-order valence-electron chi connectivity index (χ4n) is 2.98. The number of fused-ring (bicyclic) bond motifs is 1. The zero-order chi connectivity index (χ0) is 19.7. The topological polar surface area (TPSA) is 123 Å². The fourth-order valence-corrected chi connectivity index (χ4v) is 2.98. The number of rotatable bonds is 5. The first kappa shape index (κ1) is 17.9. The molecule has 2 heterocycles. The van der Waals surface area contributed by atoms with Gasteiger partial charge in [0, 0.05) is 23.4 Å². The van der Waals surface area contributed by atoms with Crippen LogP contribution in [0.25, 0.3) is 5.52 Å². The van der Waals surface area contributed by atoms with Crippen LogP contribution in [0, 0.1) is 17.0 Å². The van der Waals surface area contributed by atoms with Gasteiger partial charge in [-0.2, -0.15) is 0 Å². The number of methoxy groups -OCH3 is 1. The Bertz CT molecular complexity index is 1090. The summed E-state index contributed by atoms with van der Waals surface area (Å²) in [7, 11) is 1.28. The molecule has 0 radical (unpaired) electrons. The van der Waals surface area contributed by atoms with Crippen LogP contribution in [0.2, 0.25) is 0 Å². The minimum Gasteiger partial charge on any atom is -0.490 e. The normalized spacial score (nSPS) is 10.6. The summed E-state index contributed by atoms with van der Waals surface area (Å²) in [5.41, 5.74) is 1.47. The zero-order valence-electron chi connectivity index (χ0n) is 14.4. The summed E-state index contributed by atoms with van der Waals surface area (Å²) >= 11 is 0. The van der Waals surface area contributed by atoms with Gasteiger partial charge in [-0.05, 0) is 31.2 Å². The van der Waals surface area contributed by atoms with Crippen LogP contribution in [0.3, 0.4) is 0 Å². The van der Waals surface area contributed by atoms with Gasteiger partial charge < -0.3 is 14.2 Å². The molecular weight excluding hydrogens is 354 g/mol. The van der Waals surface area contributed by atoms with Crippen molar-refractivity contribution in [3.8, 4) is 5.75 Å². The number of pyridine rings is 1. The number of nitro benzene ring substituents is 1. The van der Waals surface area contributed by atoms with E-state index in [1.807, 2.05) is 0 Å². The predicted molar refractivity (Wildman–Crippen MR) is 96.9 cm³/mol. The quantitative estimate of drug-likeness (QED) is 0.403. The number of benzene rings is 1. The molecule has 0 unspecified atom stereocenters. The minimum atomic E-state index is -1.24. The van der Waals surface area contributed by atoms with Crippen LogP contribution in [0.15, 0.2) is 42.6 Å². The smallest absolute Gasteiger partial charge is 0.409 e. The minimum absolute atomic E-state index is 0.0340. The molecule has 3 rings (SSSR count). The summed E-state index contributed by atoms with van der Waals surface area (Å²) in [4.78, 5) is 34.7. The van der Waals surface area contributed by atoms with Crippen molar-refractivity contribution in [2.24, 2.45) is 0 Å². The van der Waals surface area contributed by atoms with Gasteiger partial charge in [0.25, 0.3) is 0 Å². The van der Waals surface area contributed by atoms with Crippen molar-refractivity contribution in [2.45, 2.75) is 6.92 Å². The van der Waals surface area contributed by atoms with Gasteiger partial charge in [0.1, 0.15) is 0 Å². The number of nitro groups is 1. The van der Waals surface area contributed by atoms with Crippen LogP contribution in [-0.2, 0) is 0 Å². The van der Waals surface area contributed by atoms with Crippen molar-refractivity contribution >= 4 is 28.8 Å². The number of carboxylic acid groups (broad SMARTS) is 1. The molecule has 27 heavy (non-hydrogen) atoms. The lowest BCUT2D eigenvalue weighted by atomic mass is 10.0. The standard InChI is InChI=1S/C18H15N3O6/c1-10-15(19-18(23)24)13-5-3-4-8-20(13)16(10)17(22)11-6-7-12(21(25)26)14(9-11)27-2/h3-9,19H,1-2H3,(H,23,24). The molecule has 0 aliphatic rings. The van der Waals surface area contributed by atoms with Crippen molar-refractivity contribution < 1.29 is 24.4 Å². The van der Waals surface area contributed by atoms with Crippen molar-refractivity contribution in [1.82, 2.24) is 4.40 Å². The van der Waals surface area contributed by atoms with Gasteiger partial charge in [-0.15, -0.1) is 0 Å². The van der Waals surface area contributed by atoms with Crippen molar-refractivity contribution in [3.63, 3.8) is 0 Å². The monoisotopic (exact) mass is 369 g/mol. The Balaban J connectivity index is 2.18. The van der Waals surface area contributed by atoms with Gasteiger partial charge in [-0.25, -0.2) is 4.79 Å². The molecule has 9 heteroatoms. The third-order valence-electron chi connectivity index (χ3n) is 4.17. The van der Waals surface area contributed by atoms with E-state index in [1.165, 1.54) is 25.3 Å². The lowest BCUT2D eigenvalue weighted by molar-refractivity contribution is -0.385. The molecule has 0 spiro atoms. The highest BCUT2D eigenvalue weighted by Gasteiger charge is 2.24. The maximum absolute atomic E-state index is 13.1. The first-order chi connectivity index (χ1) is 12.8. The van der Waals surface area contributed by atoms with E-state index in [-0.39, 0.29) is 22.7 Å². The number of nitrogens with zero attached hydrogens (tertiary/aromatic N) is 2. The van der Waals surface area contributed by atoms with Gasteiger partial charge >= 0.3 is 11.8 Å². The predicted octanol–water partition coefficient (Wildman–Crippen LogP) is 3.49. The van der Waals surface area contributed by atoms with E-state index in [4.69, 9.17) is 9.84 Å². The molecule has 0 saturated heterocycles. The molecule has 0 aliphatic carbocycles.